The second-order valence-corrected chi connectivity index (χ2v) is 3.87. The maximum absolute atomic E-state index is 8.10. The molecule has 1 saturated carbocycles. The molecule has 0 unspecified atom stereocenters. The second kappa shape index (κ2) is 5.84. The molecule has 13 heavy (non-hydrogen) atoms. The van der Waals surface area contributed by atoms with Crippen LogP contribution in [-0.2, 0) is 0 Å². The van der Waals surface area contributed by atoms with Gasteiger partial charge in [0.25, 0.3) is 0 Å². The van der Waals surface area contributed by atoms with E-state index in [1.54, 1.807) is 0 Å². The van der Waals surface area contributed by atoms with E-state index in [9.17, 15) is 0 Å². The van der Waals surface area contributed by atoms with Crippen LogP contribution in [-0.4, -0.2) is 31.6 Å². The van der Waals surface area contributed by atoms with Gasteiger partial charge in [-0.2, -0.15) is 0 Å². The molecule has 0 saturated heterocycles. The molecule has 0 bridgehead atoms. The molecular weight excluding hydrogens is 164 g/mol. The summed E-state index contributed by atoms with van der Waals surface area (Å²) in [6.07, 6.45) is 5.56. The van der Waals surface area contributed by atoms with Crippen molar-refractivity contribution in [3.63, 3.8) is 0 Å². The van der Waals surface area contributed by atoms with Crippen molar-refractivity contribution in [3.05, 3.63) is 10.4 Å². The molecule has 0 aromatic carbocycles. The van der Waals surface area contributed by atoms with E-state index >= 15 is 0 Å². The van der Waals surface area contributed by atoms with Gasteiger partial charge in [-0.1, -0.05) is 18.0 Å². The normalized spacial score (nSPS) is 17.7. The minimum absolute atomic E-state index is 0.597. The molecule has 0 radical (unpaired) electrons. The molecule has 1 fully saturated rings. The van der Waals surface area contributed by atoms with Gasteiger partial charge in [-0.15, -0.1) is 0 Å². The van der Waals surface area contributed by atoms with Crippen LogP contribution in [0, 0.1) is 5.92 Å². The van der Waals surface area contributed by atoms with Crippen LogP contribution in [0.4, 0.5) is 0 Å². The lowest BCUT2D eigenvalue weighted by atomic mass is 10.1. The Morgan fingerprint density at radius 1 is 1.46 bits per heavy atom. The zero-order valence-electron chi connectivity index (χ0n) is 8.32. The molecule has 0 spiro atoms. The molecule has 4 heteroatoms. The lowest BCUT2D eigenvalue weighted by Crippen LogP contribution is -2.26. The van der Waals surface area contributed by atoms with Crippen LogP contribution >= 0.6 is 0 Å². The van der Waals surface area contributed by atoms with E-state index in [-0.39, 0.29) is 0 Å². The third-order valence-corrected chi connectivity index (χ3v) is 2.69. The summed E-state index contributed by atoms with van der Waals surface area (Å²) in [6.45, 7) is 2.65. The summed E-state index contributed by atoms with van der Waals surface area (Å²) in [7, 11) is 2.10. The molecule has 74 valence electrons. The van der Waals surface area contributed by atoms with Crippen molar-refractivity contribution in [1.29, 1.82) is 0 Å². The van der Waals surface area contributed by atoms with Gasteiger partial charge in [0, 0.05) is 24.5 Å². The third-order valence-electron chi connectivity index (χ3n) is 2.69. The fourth-order valence-corrected chi connectivity index (χ4v) is 1.99. The maximum Gasteiger partial charge on any atom is 0.0385 e. The van der Waals surface area contributed by atoms with E-state index in [0.29, 0.717) is 6.54 Å². The number of azide groups is 1. The Bertz CT molecular complexity index is 180. The summed E-state index contributed by atoms with van der Waals surface area (Å²) in [6, 6.07) is 0. The first-order chi connectivity index (χ1) is 6.33. The highest BCUT2D eigenvalue weighted by molar-refractivity contribution is 4.70. The Balaban J connectivity index is 2.08. The summed E-state index contributed by atoms with van der Waals surface area (Å²) >= 11 is 0. The van der Waals surface area contributed by atoms with Crippen LogP contribution in [0.25, 0.3) is 10.4 Å². The van der Waals surface area contributed by atoms with Crippen LogP contribution in [0.15, 0.2) is 5.11 Å². The molecule has 1 aliphatic rings. The Labute approximate surface area is 79.5 Å². The van der Waals surface area contributed by atoms with E-state index < -0.39 is 0 Å². The molecule has 4 nitrogen and oxygen atoms in total. The molecule has 0 heterocycles. The van der Waals surface area contributed by atoms with E-state index in [1.165, 1.54) is 32.2 Å². The average molecular weight is 182 g/mol. The zero-order chi connectivity index (χ0) is 9.52. The maximum atomic E-state index is 8.10. The number of nitrogens with zero attached hydrogens (tertiary/aromatic N) is 4. The lowest BCUT2D eigenvalue weighted by Gasteiger charge is -2.19. The van der Waals surface area contributed by atoms with Crippen LogP contribution < -0.4 is 0 Å². The van der Waals surface area contributed by atoms with Crippen molar-refractivity contribution >= 4 is 0 Å². The van der Waals surface area contributed by atoms with Gasteiger partial charge >= 0.3 is 0 Å². The molecule has 0 aromatic heterocycles. The predicted molar refractivity (Wildman–Crippen MR) is 53.5 cm³/mol. The highest BCUT2D eigenvalue weighted by Crippen LogP contribution is 2.24. The monoisotopic (exact) mass is 182 g/mol. The SMILES string of the molecule is CN(CCN=[N+]=[N-])CC1CCCC1. The van der Waals surface area contributed by atoms with E-state index in [1.807, 2.05) is 0 Å². The molecule has 0 aromatic rings. The first kappa shape index (κ1) is 10.4. The highest BCUT2D eigenvalue weighted by atomic mass is 15.2. The summed E-state index contributed by atoms with van der Waals surface area (Å²) in [5, 5.41) is 3.53. The molecule has 1 rings (SSSR count). The van der Waals surface area contributed by atoms with Crippen molar-refractivity contribution in [3.8, 4) is 0 Å². The third kappa shape index (κ3) is 4.15. The molecule has 0 aliphatic heterocycles. The lowest BCUT2D eigenvalue weighted by molar-refractivity contribution is 0.285. The highest BCUT2D eigenvalue weighted by Gasteiger charge is 2.16. The van der Waals surface area contributed by atoms with Crippen molar-refractivity contribution in [2.75, 3.05) is 26.7 Å². The van der Waals surface area contributed by atoms with Crippen molar-refractivity contribution in [1.82, 2.24) is 4.90 Å². The number of hydrogen-bond acceptors (Lipinski definition) is 2. The van der Waals surface area contributed by atoms with Crippen molar-refractivity contribution in [2.24, 2.45) is 11.0 Å². The van der Waals surface area contributed by atoms with E-state index in [0.717, 1.165) is 12.5 Å². The van der Waals surface area contributed by atoms with Gasteiger partial charge in [-0.05, 0) is 31.3 Å². The minimum atomic E-state index is 0.597. The van der Waals surface area contributed by atoms with Gasteiger partial charge in [0.15, 0.2) is 0 Å². The minimum Gasteiger partial charge on any atom is -0.306 e. The Morgan fingerprint density at radius 3 is 2.77 bits per heavy atom. The largest absolute Gasteiger partial charge is 0.306 e. The first-order valence-corrected chi connectivity index (χ1v) is 5.02. The fourth-order valence-electron chi connectivity index (χ4n) is 1.99. The number of likely N-dealkylation sites (N-methyl/N-ethyl adjacent to an activating group) is 1. The van der Waals surface area contributed by atoms with Gasteiger partial charge in [-0.25, -0.2) is 0 Å². The number of hydrogen-bond donors (Lipinski definition) is 0. The van der Waals surface area contributed by atoms with Crippen LogP contribution in [0.2, 0.25) is 0 Å². The summed E-state index contributed by atoms with van der Waals surface area (Å²) < 4.78 is 0. The molecular formula is C9H18N4. The Hall–Kier alpha value is -0.730. The molecule has 0 atom stereocenters. The average Bonchev–Trinajstić information content (AvgIpc) is 2.57. The van der Waals surface area contributed by atoms with Crippen molar-refractivity contribution < 1.29 is 0 Å². The van der Waals surface area contributed by atoms with E-state index in [4.69, 9.17) is 5.53 Å². The zero-order valence-corrected chi connectivity index (χ0v) is 8.32. The van der Waals surface area contributed by atoms with Gasteiger partial charge in [0.2, 0.25) is 0 Å². The number of rotatable bonds is 5. The Morgan fingerprint density at radius 2 is 2.15 bits per heavy atom. The quantitative estimate of drug-likeness (QED) is 0.366. The Kier molecular flexibility index (Phi) is 4.65. The molecule has 0 amide bonds. The second-order valence-electron chi connectivity index (χ2n) is 3.87. The van der Waals surface area contributed by atoms with Gasteiger partial charge in [-0.3, -0.25) is 0 Å². The smallest absolute Gasteiger partial charge is 0.0385 e. The summed E-state index contributed by atoms with van der Waals surface area (Å²) in [5.41, 5.74) is 8.10. The van der Waals surface area contributed by atoms with Crippen LogP contribution in [0.3, 0.4) is 0 Å². The van der Waals surface area contributed by atoms with Crippen molar-refractivity contribution in [2.45, 2.75) is 25.7 Å². The topological polar surface area (TPSA) is 52.0 Å². The van der Waals surface area contributed by atoms with Crippen LogP contribution in [0.5, 0.6) is 0 Å². The van der Waals surface area contributed by atoms with Gasteiger partial charge in [0.1, 0.15) is 0 Å². The predicted octanol–water partition coefficient (Wildman–Crippen LogP) is 2.42. The molecule has 1 aliphatic carbocycles. The molecule has 0 N–H and O–H groups in total. The van der Waals surface area contributed by atoms with Gasteiger partial charge in [0.05, 0.1) is 0 Å². The summed E-state index contributed by atoms with van der Waals surface area (Å²) in [5.74, 6) is 0.885. The van der Waals surface area contributed by atoms with Crippen LogP contribution in [0.1, 0.15) is 25.7 Å². The fraction of sp³-hybridized carbons (Fsp3) is 1.00. The van der Waals surface area contributed by atoms with Gasteiger partial charge < -0.3 is 4.90 Å². The first-order valence-electron chi connectivity index (χ1n) is 5.02. The standard InChI is InChI=1S/C9H18N4/c1-13(7-6-11-12-10)8-9-4-2-3-5-9/h9H,2-8H2,1H3. The summed E-state index contributed by atoms with van der Waals surface area (Å²) in [4.78, 5) is 5.01. The van der Waals surface area contributed by atoms with E-state index in [2.05, 4.69) is 22.0 Å².